The lowest BCUT2D eigenvalue weighted by atomic mass is 10.1. The number of aliphatic hydroxyl groups excluding tert-OH is 1. The summed E-state index contributed by atoms with van der Waals surface area (Å²) in [4.78, 5) is 18.8. The van der Waals surface area contributed by atoms with E-state index in [0.717, 1.165) is 5.56 Å². The molecule has 0 bridgehead atoms. The van der Waals surface area contributed by atoms with Crippen LogP contribution in [0.1, 0.15) is 43.9 Å². The van der Waals surface area contributed by atoms with Crippen LogP contribution in [0.25, 0.3) is 11.4 Å². The molecule has 4 rings (SSSR count). The molecule has 3 aromatic carbocycles. The summed E-state index contributed by atoms with van der Waals surface area (Å²) in [5.41, 5.74) is 1.33. The molecule has 9 nitrogen and oxygen atoms in total. The molecule has 0 fully saturated rings. The lowest BCUT2D eigenvalue weighted by molar-refractivity contribution is 0.0147. The molecule has 4 aromatic rings. The molecular weight excluding hydrogens is 566 g/mol. The van der Waals surface area contributed by atoms with Crippen molar-refractivity contribution in [2.45, 2.75) is 55.6 Å². The van der Waals surface area contributed by atoms with Gasteiger partial charge in [-0.1, -0.05) is 41.0 Å². The van der Waals surface area contributed by atoms with Crippen LogP contribution in [0.5, 0.6) is 0 Å². The lowest BCUT2D eigenvalue weighted by Gasteiger charge is -2.29. The van der Waals surface area contributed by atoms with Gasteiger partial charge in [0.1, 0.15) is 5.60 Å². The van der Waals surface area contributed by atoms with Crippen LogP contribution < -0.4 is 0 Å². The third kappa shape index (κ3) is 7.93. The average Bonchev–Trinajstić information content (AvgIpc) is 3.36. The number of hydrogen-bond donors (Lipinski definition) is 1. The van der Waals surface area contributed by atoms with E-state index in [0.29, 0.717) is 34.3 Å². The van der Waals surface area contributed by atoms with Crippen molar-refractivity contribution in [3.63, 3.8) is 0 Å². The van der Waals surface area contributed by atoms with Crippen molar-refractivity contribution in [2.24, 2.45) is 0 Å². The Morgan fingerprint density at radius 1 is 1.05 bits per heavy atom. The van der Waals surface area contributed by atoms with Crippen molar-refractivity contribution < 1.29 is 27.6 Å². The highest BCUT2D eigenvalue weighted by atomic mass is 35.5. The average molecular weight is 598 g/mol. The normalized spacial score (nSPS) is 12.6. The van der Waals surface area contributed by atoms with Gasteiger partial charge in [0.15, 0.2) is 0 Å². The number of benzene rings is 3. The van der Waals surface area contributed by atoms with E-state index in [4.69, 9.17) is 20.9 Å². The summed E-state index contributed by atoms with van der Waals surface area (Å²) >= 11 is 6.07. The van der Waals surface area contributed by atoms with Crippen LogP contribution in [0.4, 0.5) is 4.79 Å². The molecule has 1 aromatic heterocycles. The van der Waals surface area contributed by atoms with E-state index in [1.54, 1.807) is 88.4 Å². The van der Waals surface area contributed by atoms with Gasteiger partial charge in [0.2, 0.25) is 21.6 Å². The molecule has 216 valence electrons. The van der Waals surface area contributed by atoms with E-state index in [1.807, 2.05) is 0 Å². The number of halogens is 1. The maximum atomic E-state index is 13.2. The predicted octanol–water partition coefficient (Wildman–Crippen LogP) is 6.04. The number of aromatic nitrogens is 2. The number of carbonyl (C=O) groups is 1. The fraction of sp³-hybridized carbons (Fsp3) is 0.300. The minimum absolute atomic E-state index is 0.00113. The van der Waals surface area contributed by atoms with Gasteiger partial charge in [-0.05, 0) is 86.8 Å². The summed E-state index contributed by atoms with van der Waals surface area (Å²) in [7, 11) is -3.76. The number of sulfone groups is 1. The Morgan fingerprint density at radius 2 is 1.68 bits per heavy atom. The summed E-state index contributed by atoms with van der Waals surface area (Å²) in [6.45, 7) is 7.25. The number of nitrogens with zero attached hydrogens (tertiary/aromatic N) is 3. The van der Waals surface area contributed by atoms with E-state index >= 15 is 0 Å². The lowest BCUT2D eigenvalue weighted by Crippen LogP contribution is -2.40. The van der Waals surface area contributed by atoms with Gasteiger partial charge >= 0.3 is 6.09 Å². The minimum atomic E-state index is -3.76. The second-order valence-corrected chi connectivity index (χ2v) is 12.9. The van der Waals surface area contributed by atoms with Gasteiger partial charge in [0.25, 0.3) is 0 Å². The van der Waals surface area contributed by atoms with Crippen LogP contribution in [0.15, 0.2) is 87.1 Å². The first-order chi connectivity index (χ1) is 19.3. The monoisotopic (exact) mass is 597 g/mol. The third-order valence-electron chi connectivity index (χ3n) is 6.13. The van der Waals surface area contributed by atoms with Gasteiger partial charge in [-0.25, -0.2) is 13.2 Å². The maximum absolute atomic E-state index is 13.2. The zero-order valence-electron chi connectivity index (χ0n) is 23.2. The Hall–Kier alpha value is -3.73. The molecule has 11 heteroatoms. The maximum Gasteiger partial charge on any atom is 0.410 e. The highest BCUT2D eigenvalue weighted by Gasteiger charge is 2.25. The molecule has 0 saturated heterocycles. The van der Waals surface area contributed by atoms with Gasteiger partial charge in [-0.15, -0.1) is 0 Å². The minimum Gasteiger partial charge on any atom is -0.444 e. The number of rotatable bonds is 9. The van der Waals surface area contributed by atoms with Crippen molar-refractivity contribution in [3.8, 4) is 11.4 Å². The zero-order chi connectivity index (χ0) is 29.8. The molecule has 1 amide bonds. The van der Waals surface area contributed by atoms with E-state index in [9.17, 15) is 18.3 Å². The molecule has 1 heterocycles. The molecule has 0 radical (unpaired) electrons. The molecule has 0 spiro atoms. The van der Waals surface area contributed by atoms with Crippen molar-refractivity contribution in [3.05, 3.63) is 94.8 Å². The first-order valence-electron chi connectivity index (χ1n) is 13.0. The number of hydrogen-bond acceptors (Lipinski definition) is 8. The quantitative estimate of drug-likeness (QED) is 0.247. The van der Waals surface area contributed by atoms with E-state index < -0.39 is 27.6 Å². The molecule has 0 aliphatic carbocycles. The van der Waals surface area contributed by atoms with Crippen LogP contribution in [-0.4, -0.2) is 53.3 Å². The number of aryl methyl sites for hydroxylation is 1. The van der Waals surface area contributed by atoms with Gasteiger partial charge in [0.05, 0.1) is 22.4 Å². The van der Waals surface area contributed by atoms with Gasteiger partial charge in [-0.2, -0.15) is 4.98 Å². The molecule has 0 saturated carbocycles. The third-order valence-corrected chi connectivity index (χ3v) is 8.15. The molecule has 0 unspecified atom stereocenters. The van der Waals surface area contributed by atoms with Crippen LogP contribution in [0, 0.1) is 6.92 Å². The molecule has 1 atom stereocenters. The van der Waals surface area contributed by atoms with Crippen molar-refractivity contribution in [2.75, 3.05) is 13.1 Å². The summed E-state index contributed by atoms with van der Waals surface area (Å²) in [5.74, 6) is 0.805. The topological polar surface area (TPSA) is 123 Å². The van der Waals surface area contributed by atoms with Gasteiger partial charge in [0, 0.05) is 24.1 Å². The highest BCUT2D eigenvalue weighted by Crippen LogP contribution is 2.25. The van der Waals surface area contributed by atoms with Crippen LogP contribution >= 0.6 is 11.6 Å². The first kappa shape index (κ1) is 30.2. The van der Waals surface area contributed by atoms with Gasteiger partial charge in [-0.3, -0.25) is 0 Å². The predicted molar refractivity (Wildman–Crippen MR) is 154 cm³/mol. The molecule has 1 N–H and O–H groups in total. The fourth-order valence-electron chi connectivity index (χ4n) is 4.05. The first-order valence-corrected chi connectivity index (χ1v) is 14.8. The number of ether oxygens (including phenoxy) is 1. The number of carbonyl (C=O) groups excluding carboxylic acids is 1. The summed E-state index contributed by atoms with van der Waals surface area (Å²) in [6.07, 6.45) is -1.11. The smallest absolute Gasteiger partial charge is 0.410 e. The van der Waals surface area contributed by atoms with E-state index in [-0.39, 0.29) is 22.9 Å². The summed E-state index contributed by atoms with van der Waals surface area (Å²) < 4.78 is 37.0. The van der Waals surface area contributed by atoms with E-state index in [2.05, 4.69) is 10.1 Å². The highest BCUT2D eigenvalue weighted by molar-refractivity contribution is 7.91. The van der Waals surface area contributed by atoms with Gasteiger partial charge < -0.3 is 19.3 Å². The molecule has 0 aliphatic heterocycles. The molecule has 41 heavy (non-hydrogen) atoms. The zero-order valence-corrected chi connectivity index (χ0v) is 24.8. The van der Waals surface area contributed by atoms with Crippen LogP contribution in [0.3, 0.4) is 0 Å². The Morgan fingerprint density at radius 3 is 2.24 bits per heavy atom. The second kappa shape index (κ2) is 12.4. The number of amides is 1. The van der Waals surface area contributed by atoms with Crippen molar-refractivity contribution >= 4 is 27.5 Å². The van der Waals surface area contributed by atoms with E-state index in [1.165, 1.54) is 17.0 Å². The Labute approximate surface area is 244 Å². The standard InChI is InChI=1S/C30H32ClN3O6S/c1-20-32-28(33-40-20)22-10-14-26(15-11-22)41(37,38)25-12-8-21(9-13-25)16-17-34(29(36)39-30(2,3)4)19-27(35)23-6-5-7-24(31)18-23/h5-15,18,27,35H,16-17,19H2,1-4H3/t27-/m0/s1. The SMILES string of the molecule is Cc1nc(-c2ccc(S(=O)(=O)c3ccc(CCN(C[C@H](O)c4cccc(Cl)c4)C(=O)OC(C)(C)C)cc3)cc2)no1. The van der Waals surface area contributed by atoms with Crippen molar-refractivity contribution in [1.29, 1.82) is 0 Å². The second-order valence-electron chi connectivity index (χ2n) is 10.6. The largest absolute Gasteiger partial charge is 0.444 e. The molecule has 0 aliphatic rings. The molecular formula is C30H32ClN3O6S. The summed E-state index contributed by atoms with van der Waals surface area (Å²) in [6, 6.07) is 19.6. The Bertz CT molecular complexity index is 1600. The Balaban J connectivity index is 1.45. The van der Waals surface area contributed by atoms with Crippen LogP contribution in [0.2, 0.25) is 5.02 Å². The number of aliphatic hydroxyl groups is 1. The summed E-state index contributed by atoms with van der Waals surface area (Å²) in [5, 5.41) is 15.1. The Kier molecular flexibility index (Phi) is 9.16. The van der Waals surface area contributed by atoms with Crippen LogP contribution in [-0.2, 0) is 21.0 Å². The van der Waals surface area contributed by atoms with Crippen molar-refractivity contribution in [1.82, 2.24) is 15.0 Å². The fourth-order valence-corrected chi connectivity index (χ4v) is 5.51.